The molecule has 0 fully saturated rings. The lowest BCUT2D eigenvalue weighted by Crippen LogP contribution is -2.13. The standard InChI is InChI=1S/C11H16N2/c1-11(2,3)7-8-4-5-9(12)10(13)6-8/h4-6,12-13H,7H2,1-3H3. The normalized spacial score (nSPS) is 17.6. The van der Waals surface area contributed by atoms with Gasteiger partial charge in [0.1, 0.15) is 0 Å². The molecule has 0 saturated carbocycles. The van der Waals surface area contributed by atoms with E-state index in [2.05, 4.69) is 20.8 Å². The SMILES string of the molecule is CC(C)(C)CC1=CC(=N)C(=N)C=C1. The van der Waals surface area contributed by atoms with Crippen LogP contribution in [0.5, 0.6) is 0 Å². The molecule has 70 valence electrons. The molecule has 2 N–H and O–H groups in total. The minimum absolute atomic E-state index is 0.246. The Morgan fingerprint density at radius 3 is 2.15 bits per heavy atom. The average Bonchev–Trinajstić information content (AvgIpc) is 1.94. The maximum Gasteiger partial charge on any atom is 0.0791 e. The molecule has 0 saturated heterocycles. The molecule has 1 aliphatic carbocycles. The molecule has 2 heteroatoms. The topological polar surface area (TPSA) is 47.7 Å². The fourth-order valence-corrected chi connectivity index (χ4v) is 1.31. The van der Waals surface area contributed by atoms with Crippen molar-refractivity contribution in [3.05, 3.63) is 23.8 Å². The van der Waals surface area contributed by atoms with Crippen molar-refractivity contribution in [2.24, 2.45) is 5.41 Å². The molecule has 1 rings (SSSR count). The third kappa shape index (κ3) is 2.98. The fraction of sp³-hybridized carbons (Fsp3) is 0.455. The Hall–Kier alpha value is -1.18. The van der Waals surface area contributed by atoms with Gasteiger partial charge in [-0.05, 0) is 29.6 Å². The summed E-state index contributed by atoms with van der Waals surface area (Å²) in [5.74, 6) is 0. The van der Waals surface area contributed by atoms with Crippen LogP contribution >= 0.6 is 0 Å². The Bertz CT molecular complexity index is 301. The number of allylic oxidation sites excluding steroid dienone is 4. The van der Waals surface area contributed by atoms with Crippen LogP contribution in [0.4, 0.5) is 0 Å². The Morgan fingerprint density at radius 2 is 1.69 bits per heavy atom. The molecule has 0 heterocycles. The molecule has 0 aromatic heterocycles. The molecule has 0 radical (unpaired) electrons. The van der Waals surface area contributed by atoms with E-state index in [1.54, 1.807) is 12.2 Å². The second kappa shape index (κ2) is 3.29. The lowest BCUT2D eigenvalue weighted by atomic mass is 9.86. The van der Waals surface area contributed by atoms with Gasteiger partial charge in [0, 0.05) is 0 Å². The highest BCUT2D eigenvalue weighted by Gasteiger charge is 2.14. The van der Waals surface area contributed by atoms with Crippen molar-refractivity contribution >= 4 is 11.4 Å². The first kappa shape index (κ1) is 9.90. The van der Waals surface area contributed by atoms with Crippen molar-refractivity contribution in [3.63, 3.8) is 0 Å². The minimum Gasteiger partial charge on any atom is -0.299 e. The van der Waals surface area contributed by atoms with Crippen molar-refractivity contribution in [3.8, 4) is 0 Å². The zero-order valence-corrected chi connectivity index (χ0v) is 8.44. The molecule has 13 heavy (non-hydrogen) atoms. The van der Waals surface area contributed by atoms with E-state index in [0.29, 0.717) is 11.4 Å². The van der Waals surface area contributed by atoms with E-state index in [-0.39, 0.29) is 5.41 Å². The zero-order valence-electron chi connectivity index (χ0n) is 8.44. The Balaban J connectivity index is 2.75. The molecule has 0 unspecified atom stereocenters. The Kier molecular flexibility index (Phi) is 2.50. The van der Waals surface area contributed by atoms with E-state index in [9.17, 15) is 0 Å². The fourth-order valence-electron chi connectivity index (χ4n) is 1.31. The summed E-state index contributed by atoms with van der Waals surface area (Å²) in [6.45, 7) is 6.52. The third-order valence-corrected chi connectivity index (χ3v) is 1.82. The number of nitrogens with one attached hydrogen (secondary N) is 2. The molecule has 0 aromatic rings. The van der Waals surface area contributed by atoms with Crippen molar-refractivity contribution in [1.82, 2.24) is 0 Å². The largest absolute Gasteiger partial charge is 0.299 e. The summed E-state index contributed by atoms with van der Waals surface area (Å²) in [6, 6.07) is 0. The lowest BCUT2D eigenvalue weighted by Gasteiger charge is -2.20. The Morgan fingerprint density at radius 1 is 1.08 bits per heavy atom. The molecule has 0 amide bonds. The van der Waals surface area contributed by atoms with Gasteiger partial charge in [0.05, 0.1) is 11.4 Å². The van der Waals surface area contributed by atoms with Crippen LogP contribution in [0.2, 0.25) is 0 Å². The molecular weight excluding hydrogens is 160 g/mol. The van der Waals surface area contributed by atoms with Crippen molar-refractivity contribution < 1.29 is 0 Å². The summed E-state index contributed by atoms with van der Waals surface area (Å²) in [5.41, 5.74) is 2.02. The zero-order chi connectivity index (χ0) is 10.1. The summed E-state index contributed by atoms with van der Waals surface area (Å²) in [5, 5.41) is 14.8. The monoisotopic (exact) mass is 176 g/mol. The highest BCUT2D eigenvalue weighted by molar-refractivity contribution is 6.49. The first-order chi connectivity index (χ1) is 5.88. The average molecular weight is 176 g/mol. The summed E-state index contributed by atoms with van der Waals surface area (Å²) in [6.07, 6.45) is 6.38. The summed E-state index contributed by atoms with van der Waals surface area (Å²) >= 11 is 0. The molecular formula is C11H16N2. The molecule has 2 nitrogen and oxygen atoms in total. The van der Waals surface area contributed by atoms with Crippen LogP contribution in [-0.2, 0) is 0 Å². The van der Waals surface area contributed by atoms with Gasteiger partial charge >= 0.3 is 0 Å². The number of hydrogen-bond acceptors (Lipinski definition) is 2. The molecule has 0 atom stereocenters. The van der Waals surface area contributed by atoms with Crippen LogP contribution in [0.1, 0.15) is 27.2 Å². The summed E-state index contributed by atoms with van der Waals surface area (Å²) < 4.78 is 0. The first-order valence-electron chi connectivity index (χ1n) is 4.45. The lowest BCUT2D eigenvalue weighted by molar-refractivity contribution is 0.413. The van der Waals surface area contributed by atoms with Gasteiger partial charge in [-0.1, -0.05) is 26.8 Å². The maximum absolute atomic E-state index is 7.48. The van der Waals surface area contributed by atoms with Gasteiger partial charge < -0.3 is 0 Å². The second-order valence-corrected chi connectivity index (χ2v) is 4.62. The molecule has 0 bridgehead atoms. The molecule has 0 aromatic carbocycles. The molecule has 0 spiro atoms. The maximum atomic E-state index is 7.48. The highest BCUT2D eigenvalue weighted by Crippen LogP contribution is 2.25. The van der Waals surface area contributed by atoms with Crippen molar-refractivity contribution in [1.29, 1.82) is 10.8 Å². The summed E-state index contributed by atoms with van der Waals surface area (Å²) in [4.78, 5) is 0. The third-order valence-electron chi connectivity index (χ3n) is 1.82. The smallest absolute Gasteiger partial charge is 0.0791 e. The molecule has 0 aliphatic heterocycles. The van der Waals surface area contributed by atoms with Crippen LogP contribution in [0.3, 0.4) is 0 Å². The van der Waals surface area contributed by atoms with Crippen LogP contribution in [0, 0.1) is 16.2 Å². The van der Waals surface area contributed by atoms with E-state index < -0.39 is 0 Å². The van der Waals surface area contributed by atoms with Crippen LogP contribution in [0.15, 0.2) is 23.8 Å². The van der Waals surface area contributed by atoms with E-state index >= 15 is 0 Å². The second-order valence-electron chi connectivity index (χ2n) is 4.62. The van der Waals surface area contributed by atoms with E-state index in [0.717, 1.165) is 12.0 Å². The minimum atomic E-state index is 0.246. The van der Waals surface area contributed by atoms with Crippen LogP contribution < -0.4 is 0 Å². The molecule has 1 aliphatic rings. The van der Waals surface area contributed by atoms with Gasteiger partial charge in [0.2, 0.25) is 0 Å². The van der Waals surface area contributed by atoms with Crippen molar-refractivity contribution in [2.75, 3.05) is 0 Å². The van der Waals surface area contributed by atoms with Gasteiger partial charge in [-0.15, -0.1) is 0 Å². The van der Waals surface area contributed by atoms with Gasteiger partial charge in [-0.25, -0.2) is 0 Å². The quantitative estimate of drug-likeness (QED) is 0.577. The summed E-state index contributed by atoms with van der Waals surface area (Å²) in [7, 11) is 0. The van der Waals surface area contributed by atoms with Gasteiger partial charge in [0.25, 0.3) is 0 Å². The predicted molar refractivity (Wildman–Crippen MR) is 56.7 cm³/mol. The van der Waals surface area contributed by atoms with Gasteiger partial charge in [0.15, 0.2) is 0 Å². The van der Waals surface area contributed by atoms with E-state index in [4.69, 9.17) is 10.8 Å². The van der Waals surface area contributed by atoms with Gasteiger partial charge in [-0.2, -0.15) is 0 Å². The predicted octanol–water partition coefficient (Wildman–Crippen LogP) is 2.96. The first-order valence-corrected chi connectivity index (χ1v) is 4.45. The van der Waals surface area contributed by atoms with Gasteiger partial charge in [-0.3, -0.25) is 10.8 Å². The van der Waals surface area contributed by atoms with Crippen LogP contribution in [0.25, 0.3) is 0 Å². The highest BCUT2D eigenvalue weighted by atomic mass is 14.5. The Labute approximate surface area is 79.4 Å². The van der Waals surface area contributed by atoms with Crippen LogP contribution in [-0.4, -0.2) is 11.4 Å². The van der Waals surface area contributed by atoms with E-state index in [1.807, 2.05) is 6.08 Å². The number of hydrogen-bond donors (Lipinski definition) is 2. The van der Waals surface area contributed by atoms with Crippen molar-refractivity contribution in [2.45, 2.75) is 27.2 Å². The number of rotatable bonds is 1. The van der Waals surface area contributed by atoms with E-state index in [1.165, 1.54) is 0 Å².